The highest BCUT2D eigenvalue weighted by molar-refractivity contribution is 5.73. The number of amides is 1. The van der Waals surface area contributed by atoms with Gasteiger partial charge in [0.1, 0.15) is 5.60 Å². The second-order valence-electron chi connectivity index (χ2n) is 7.13. The van der Waals surface area contributed by atoms with E-state index in [0.717, 1.165) is 31.4 Å². The van der Waals surface area contributed by atoms with E-state index in [4.69, 9.17) is 10.5 Å². The Hall–Kier alpha value is -1.29. The van der Waals surface area contributed by atoms with Crippen LogP contribution in [0, 0.1) is 5.41 Å². The highest BCUT2D eigenvalue weighted by Crippen LogP contribution is 2.59. The topological polar surface area (TPSA) is 55.6 Å². The normalized spacial score (nSPS) is 32.4. The monoisotopic (exact) mass is 276 g/mol. The Labute approximate surface area is 120 Å². The van der Waals surface area contributed by atoms with Crippen molar-refractivity contribution in [3.8, 4) is 0 Å². The first-order valence-corrected chi connectivity index (χ1v) is 7.51. The fourth-order valence-electron chi connectivity index (χ4n) is 3.38. The minimum absolute atomic E-state index is 0.144. The number of nitrogens with two attached hydrogens (primary N) is 1. The fraction of sp³-hybridized carbons (Fsp3) is 0.688. The maximum atomic E-state index is 12.4. The van der Waals surface area contributed by atoms with Gasteiger partial charge in [0.05, 0.1) is 0 Å². The molecule has 1 aliphatic heterocycles. The van der Waals surface area contributed by atoms with Crippen LogP contribution in [0.25, 0.3) is 0 Å². The number of hydrogen-bond donors (Lipinski definition) is 1. The average Bonchev–Trinajstić information content (AvgIpc) is 2.99. The molecule has 1 spiro atoms. The first-order chi connectivity index (χ1) is 9.33. The van der Waals surface area contributed by atoms with Crippen LogP contribution in [0.5, 0.6) is 0 Å². The molecule has 2 N–H and O–H groups in total. The molecule has 2 unspecified atom stereocenters. The van der Waals surface area contributed by atoms with Crippen molar-refractivity contribution < 1.29 is 9.53 Å². The van der Waals surface area contributed by atoms with Crippen LogP contribution in [-0.4, -0.2) is 29.2 Å². The molecular formula is C16H24N2O2. The van der Waals surface area contributed by atoms with Gasteiger partial charge < -0.3 is 10.5 Å². The van der Waals surface area contributed by atoms with Crippen LogP contribution in [0.2, 0.25) is 0 Å². The summed E-state index contributed by atoms with van der Waals surface area (Å²) in [5, 5.41) is 0. The first kappa shape index (κ1) is 13.7. The predicted octanol–water partition coefficient (Wildman–Crippen LogP) is 2.95. The number of carbonyl (C=O) groups is 1. The highest BCUT2D eigenvalue weighted by atomic mass is 16.6. The van der Waals surface area contributed by atoms with Crippen molar-refractivity contribution in [1.82, 2.24) is 4.90 Å². The number of piperidine rings is 1. The average molecular weight is 276 g/mol. The molecule has 4 heteroatoms. The van der Waals surface area contributed by atoms with Crippen LogP contribution in [0.4, 0.5) is 4.79 Å². The van der Waals surface area contributed by atoms with Gasteiger partial charge in [-0.2, -0.15) is 0 Å². The number of carbonyl (C=O) groups excluding carboxylic acids is 1. The van der Waals surface area contributed by atoms with Gasteiger partial charge in [0.2, 0.25) is 0 Å². The Balaban J connectivity index is 1.84. The van der Waals surface area contributed by atoms with E-state index in [0.29, 0.717) is 6.54 Å². The van der Waals surface area contributed by atoms with Crippen molar-refractivity contribution in [3.63, 3.8) is 0 Å². The number of nitrogens with zero attached hydrogens (tertiary/aromatic N) is 1. The van der Waals surface area contributed by atoms with Crippen LogP contribution in [0.15, 0.2) is 23.4 Å². The lowest BCUT2D eigenvalue weighted by molar-refractivity contribution is 0.0285. The fourth-order valence-corrected chi connectivity index (χ4v) is 3.38. The molecule has 4 nitrogen and oxygen atoms in total. The standard InChI is InChI=1S/C16H24N2O2/c1-15(2,3)20-14(19)18-9-8-16(10-13(16)17)11-6-4-5-7-12(11)18/h6-7,13H,4-5,8-10,17H2,1-3H3. The van der Waals surface area contributed by atoms with Gasteiger partial charge in [-0.05, 0) is 52.0 Å². The maximum Gasteiger partial charge on any atom is 0.414 e. The van der Waals surface area contributed by atoms with E-state index in [1.54, 1.807) is 4.90 Å². The lowest BCUT2D eigenvalue weighted by Gasteiger charge is -2.39. The van der Waals surface area contributed by atoms with Crippen LogP contribution in [0.1, 0.15) is 46.5 Å². The van der Waals surface area contributed by atoms with Gasteiger partial charge in [-0.3, -0.25) is 4.90 Å². The Kier molecular flexibility index (Phi) is 2.98. The molecule has 1 amide bonds. The summed E-state index contributed by atoms with van der Waals surface area (Å²) in [5.74, 6) is 0. The molecule has 2 atom stereocenters. The van der Waals surface area contributed by atoms with E-state index in [2.05, 4.69) is 12.2 Å². The molecule has 20 heavy (non-hydrogen) atoms. The van der Waals surface area contributed by atoms with Crippen molar-refractivity contribution >= 4 is 6.09 Å². The third-order valence-corrected chi connectivity index (χ3v) is 4.49. The maximum absolute atomic E-state index is 12.4. The number of allylic oxidation sites excluding steroid dienone is 3. The minimum atomic E-state index is -0.457. The summed E-state index contributed by atoms with van der Waals surface area (Å²) in [6.07, 6.45) is 8.26. The van der Waals surface area contributed by atoms with Gasteiger partial charge in [-0.25, -0.2) is 4.79 Å². The van der Waals surface area contributed by atoms with E-state index >= 15 is 0 Å². The molecule has 1 heterocycles. The highest BCUT2D eigenvalue weighted by Gasteiger charge is 2.58. The van der Waals surface area contributed by atoms with Crippen molar-refractivity contribution in [2.24, 2.45) is 11.1 Å². The largest absolute Gasteiger partial charge is 0.443 e. The Morgan fingerprint density at radius 1 is 1.40 bits per heavy atom. The Morgan fingerprint density at radius 2 is 2.05 bits per heavy atom. The van der Waals surface area contributed by atoms with Crippen LogP contribution in [-0.2, 0) is 4.74 Å². The second-order valence-corrected chi connectivity index (χ2v) is 7.13. The Morgan fingerprint density at radius 3 is 2.65 bits per heavy atom. The van der Waals surface area contributed by atoms with E-state index in [-0.39, 0.29) is 17.6 Å². The zero-order chi connectivity index (χ0) is 14.5. The first-order valence-electron chi connectivity index (χ1n) is 7.51. The van der Waals surface area contributed by atoms with Gasteiger partial charge in [-0.15, -0.1) is 0 Å². The molecule has 0 radical (unpaired) electrons. The van der Waals surface area contributed by atoms with Crippen LogP contribution >= 0.6 is 0 Å². The molecule has 3 aliphatic rings. The molecule has 2 aliphatic carbocycles. The number of fused-ring (bicyclic) bond motifs is 2. The minimum Gasteiger partial charge on any atom is -0.443 e. The number of rotatable bonds is 0. The lowest BCUT2D eigenvalue weighted by atomic mass is 9.81. The second kappa shape index (κ2) is 4.35. The van der Waals surface area contributed by atoms with E-state index < -0.39 is 5.60 Å². The van der Waals surface area contributed by atoms with E-state index in [1.165, 1.54) is 5.57 Å². The molecule has 1 saturated heterocycles. The third kappa shape index (κ3) is 2.16. The van der Waals surface area contributed by atoms with Crippen molar-refractivity contribution in [3.05, 3.63) is 23.4 Å². The Bertz CT molecular complexity index is 501. The van der Waals surface area contributed by atoms with E-state index in [9.17, 15) is 4.79 Å². The molecule has 0 aromatic heterocycles. The smallest absolute Gasteiger partial charge is 0.414 e. The SMILES string of the molecule is CC(C)(C)OC(=O)N1CCC2(CC2N)C2=CCCC=C21. The van der Waals surface area contributed by atoms with Crippen LogP contribution in [0.3, 0.4) is 0 Å². The van der Waals surface area contributed by atoms with Crippen LogP contribution < -0.4 is 5.73 Å². The van der Waals surface area contributed by atoms with Gasteiger partial charge in [0.15, 0.2) is 0 Å². The summed E-state index contributed by atoms with van der Waals surface area (Å²) in [6, 6.07) is 0.260. The van der Waals surface area contributed by atoms with Gasteiger partial charge in [0.25, 0.3) is 0 Å². The van der Waals surface area contributed by atoms with Gasteiger partial charge >= 0.3 is 6.09 Å². The van der Waals surface area contributed by atoms with Gasteiger partial charge in [-0.1, -0.05) is 12.2 Å². The molecule has 2 fully saturated rings. The third-order valence-electron chi connectivity index (χ3n) is 4.49. The summed E-state index contributed by atoms with van der Waals surface area (Å²) in [6.45, 7) is 6.42. The molecule has 1 saturated carbocycles. The lowest BCUT2D eigenvalue weighted by Crippen LogP contribution is -2.43. The zero-order valence-electron chi connectivity index (χ0n) is 12.6. The van der Waals surface area contributed by atoms with E-state index in [1.807, 2.05) is 20.8 Å². The van der Waals surface area contributed by atoms with Gasteiger partial charge in [0, 0.05) is 23.7 Å². The summed E-state index contributed by atoms with van der Waals surface area (Å²) >= 11 is 0. The summed E-state index contributed by atoms with van der Waals surface area (Å²) < 4.78 is 5.53. The number of hydrogen-bond acceptors (Lipinski definition) is 3. The summed E-state index contributed by atoms with van der Waals surface area (Å²) in [5.41, 5.74) is 8.18. The zero-order valence-corrected chi connectivity index (χ0v) is 12.6. The molecule has 0 aromatic carbocycles. The molecule has 3 rings (SSSR count). The predicted molar refractivity (Wildman–Crippen MR) is 78.0 cm³/mol. The molecule has 110 valence electrons. The van der Waals surface area contributed by atoms with Crippen molar-refractivity contribution in [2.45, 2.75) is 58.1 Å². The van der Waals surface area contributed by atoms with Crippen molar-refractivity contribution in [1.29, 1.82) is 0 Å². The molecule has 0 aromatic rings. The summed E-state index contributed by atoms with van der Waals surface area (Å²) in [4.78, 5) is 14.2. The quantitative estimate of drug-likeness (QED) is 0.740. The number of ether oxygens (including phenoxy) is 1. The molecule has 0 bridgehead atoms. The summed E-state index contributed by atoms with van der Waals surface area (Å²) in [7, 11) is 0. The molecular weight excluding hydrogens is 252 g/mol. The van der Waals surface area contributed by atoms with Crippen molar-refractivity contribution in [2.75, 3.05) is 6.54 Å². The number of likely N-dealkylation sites (tertiary alicyclic amines) is 1.